The predicted octanol–water partition coefficient (Wildman–Crippen LogP) is 1.11. The monoisotopic (exact) mass is 274 g/mol. The Bertz CT molecular complexity index is 480. The molecule has 0 bridgehead atoms. The number of hydrogen-bond acceptors (Lipinski definition) is 4. The lowest BCUT2D eigenvalue weighted by atomic mass is 10.3. The highest BCUT2D eigenvalue weighted by atomic mass is 79.9. The predicted molar refractivity (Wildman–Crippen MR) is 55.7 cm³/mol. The molecule has 7 heteroatoms. The highest BCUT2D eigenvalue weighted by Crippen LogP contribution is 2.10. The van der Waals surface area contributed by atoms with Crippen LogP contribution in [0, 0.1) is 10.1 Å². The molecule has 1 heterocycles. The zero-order valence-electron chi connectivity index (χ0n) is 7.77. The van der Waals surface area contributed by atoms with Crippen molar-refractivity contribution >= 4 is 27.4 Å². The minimum absolute atomic E-state index is 0.000278. The molecule has 0 spiro atoms. The second-order valence-corrected chi connectivity index (χ2v) is 3.81. The summed E-state index contributed by atoms with van der Waals surface area (Å²) in [7, 11) is 0. The number of nitrogens with zero attached hydrogens (tertiary/aromatic N) is 2. The zero-order valence-corrected chi connectivity index (χ0v) is 9.35. The molecule has 0 saturated heterocycles. The van der Waals surface area contributed by atoms with Crippen LogP contribution in [0.4, 0.5) is 5.69 Å². The Labute approximate surface area is 92.8 Å². The molecule has 15 heavy (non-hydrogen) atoms. The van der Waals surface area contributed by atoms with E-state index in [0.29, 0.717) is 0 Å². The molecule has 0 N–H and O–H groups in total. The number of carbonyl (C=O) groups excluding carboxylic acids is 1. The molecule has 0 aromatic carbocycles. The molecule has 6 nitrogen and oxygen atoms in total. The van der Waals surface area contributed by atoms with Crippen LogP contribution in [-0.4, -0.2) is 15.3 Å². The largest absolute Gasteiger partial charge is 0.339 e. The molecular weight excluding hydrogens is 268 g/mol. The van der Waals surface area contributed by atoms with Gasteiger partial charge in [-0.3, -0.25) is 19.7 Å². The first-order valence-electron chi connectivity index (χ1n) is 3.95. The fourth-order valence-electron chi connectivity index (χ4n) is 1.06. The van der Waals surface area contributed by atoms with Gasteiger partial charge in [-0.25, -0.2) is 0 Å². The normalized spacial score (nSPS) is 10.0. The van der Waals surface area contributed by atoms with Crippen LogP contribution in [0.5, 0.6) is 0 Å². The van der Waals surface area contributed by atoms with Gasteiger partial charge in [0.2, 0.25) is 0 Å². The molecule has 0 aliphatic heterocycles. The SMILES string of the molecule is CC(=O)Cn1cc(Br)c(=O)c([N+](=O)[O-])c1. The van der Waals surface area contributed by atoms with Crippen LogP contribution in [-0.2, 0) is 11.3 Å². The van der Waals surface area contributed by atoms with E-state index in [1.165, 1.54) is 17.7 Å². The van der Waals surface area contributed by atoms with Gasteiger partial charge in [0.25, 0.3) is 5.43 Å². The Morgan fingerprint density at radius 2 is 2.20 bits per heavy atom. The lowest BCUT2D eigenvalue weighted by Crippen LogP contribution is -2.15. The number of ketones is 1. The first-order valence-corrected chi connectivity index (χ1v) is 4.74. The summed E-state index contributed by atoms with van der Waals surface area (Å²) in [6.07, 6.45) is 2.39. The molecule has 0 saturated carbocycles. The van der Waals surface area contributed by atoms with Gasteiger partial charge >= 0.3 is 5.69 Å². The maximum atomic E-state index is 11.3. The van der Waals surface area contributed by atoms with E-state index in [-0.39, 0.29) is 16.8 Å². The average molecular weight is 275 g/mol. The Morgan fingerprint density at radius 3 is 2.67 bits per heavy atom. The van der Waals surface area contributed by atoms with Gasteiger partial charge in [-0.15, -0.1) is 0 Å². The number of pyridine rings is 1. The minimum Gasteiger partial charge on any atom is -0.339 e. The van der Waals surface area contributed by atoms with Crippen molar-refractivity contribution in [2.24, 2.45) is 0 Å². The van der Waals surface area contributed by atoms with E-state index in [1.54, 1.807) is 0 Å². The fraction of sp³-hybridized carbons (Fsp3) is 0.250. The van der Waals surface area contributed by atoms with Gasteiger partial charge in [0.05, 0.1) is 22.1 Å². The summed E-state index contributed by atoms with van der Waals surface area (Å²) in [5, 5.41) is 10.5. The van der Waals surface area contributed by atoms with Crippen LogP contribution < -0.4 is 5.43 Å². The molecule has 1 rings (SSSR count). The summed E-state index contributed by atoms with van der Waals surface area (Å²) in [5.41, 5.74) is -1.24. The number of Topliss-reactive ketones (excluding diaryl/α,β-unsaturated/α-hetero) is 1. The minimum atomic E-state index is -0.774. The Hall–Kier alpha value is -1.50. The molecule has 80 valence electrons. The van der Waals surface area contributed by atoms with Crippen molar-refractivity contribution in [1.82, 2.24) is 4.57 Å². The molecule has 0 radical (unpaired) electrons. The van der Waals surface area contributed by atoms with Gasteiger partial charge in [-0.2, -0.15) is 0 Å². The van der Waals surface area contributed by atoms with E-state index in [0.717, 1.165) is 6.20 Å². The summed E-state index contributed by atoms with van der Waals surface area (Å²) in [4.78, 5) is 31.8. The third-order valence-electron chi connectivity index (χ3n) is 1.62. The van der Waals surface area contributed by atoms with Gasteiger partial charge in [-0.1, -0.05) is 0 Å². The lowest BCUT2D eigenvalue weighted by Gasteiger charge is -2.03. The van der Waals surface area contributed by atoms with Crippen LogP contribution in [0.2, 0.25) is 0 Å². The van der Waals surface area contributed by atoms with Crippen molar-refractivity contribution < 1.29 is 9.72 Å². The standard InChI is InChI=1S/C8H7BrN2O4/c1-5(12)2-10-3-6(9)8(13)7(4-10)11(14)15/h3-4H,2H2,1H3. The summed E-state index contributed by atoms with van der Waals surface area (Å²) in [6, 6.07) is 0. The molecule has 0 aliphatic rings. The van der Waals surface area contributed by atoms with E-state index in [4.69, 9.17) is 0 Å². The third kappa shape index (κ3) is 2.72. The van der Waals surface area contributed by atoms with Gasteiger partial charge in [-0.05, 0) is 22.9 Å². The van der Waals surface area contributed by atoms with Crippen molar-refractivity contribution in [2.75, 3.05) is 0 Å². The van der Waals surface area contributed by atoms with E-state index in [1.807, 2.05) is 0 Å². The third-order valence-corrected chi connectivity index (χ3v) is 2.18. The number of rotatable bonds is 3. The molecule has 0 fully saturated rings. The first-order chi connectivity index (χ1) is 6.91. The van der Waals surface area contributed by atoms with Crippen LogP contribution >= 0.6 is 15.9 Å². The number of carbonyl (C=O) groups is 1. The number of aromatic nitrogens is 1. The summed E-state index contributed by atoms with van der Waals surface area (Å²) >= 11 is 2.91. The maximum absolute atomic E-state index is 11.3. The highest BCUT2D eigenvalue weighted by Gasteiger charge is 2.15. The van der Waals surface area contributed by atoms with Crippen LogP contribution in [0.15, 0.2) is 21.7 Å². The van der Waals surface area contributed by atoms with Crippen molar-refractivity contribution in [3.05, 3.63) is 37.2 Å². The first kappa shape index (κ1) is 11.6. The van der Waals surface area contributed by atoms with Crippen LogP contribution in [0.1, 0.15) is 6.92 Å². The van der Waals surface area contributed by atoms with Crippen molar-refractivity contribution in [3.8, 4) is 0 Å². The van der Waals surface area contributed by atoms with Gasteiger partial charge in [0.15, 0.2) is 0 Å². The van der Waals surface area contributed by atoms with Crippen LogP contribution in [0.3, 0.4) is 0 Å². The molecule has 0 atom stereocenters. The lowest BCUT2D eigenvalue weighted by molar-refractivity contribution is -0.386. The Morgan fingerprint density at radius 1 is 1.60 bits per heavy atom. The average Bonchev–Trinajstić information content (AvgIpc) is 2.09. The quantitative estimate of drug-likeness (QED) is 0.611. The van der Waals surface area contributed by atoms with Crippen molar-refractivity contribution in [1.29, 1.82) is 0 Å². The van der Waals surface area contributed by atoms with Crippen LogP contribution in [0.25, 0.3) is 0 Å². The molecular formula is C8H7BrN2O4. The number of nitro groups is 1. The van der Waals surface area contributed by atoms with E-state index < -0.39 is 16.0 Å². The van der Waals surface area contributed by atoms with Gasteiger partial charge < -0.3 is 4.57 Å². The van der Waals surface area contributed by atoms with Crippen molar-refractivity contribution in [3.63, 3.8) is 0 Å². The summed E-state index contributed by atoms with van der Waals surface area (Å²) < 4.78 is 1.37. The molecule has 0 unspecified atom stereocenters. The summed E-state index contributed by atoms with van der Waals surface area (Å²) in [5.74, 6) is -0.153. The summed E-state index contributed by atoms with van der Waals surface area (Å²) in [6.45, 7) is 1.36. The topological polar surface area (TPSA) is 82.2 Å². The number of halogens is 1. The Kier molecular flexibility index (Phi) is 3.35. The van der Waals surface area contributed by atoms with Crippen molar-refractivity contribution in [2.45, 2.75) is 13.5 Å². The molecule has 1 aromatic heterocycles. The van der Waals surface area contributed by atoms with Gasteiger partial charge in [0.1, 0.15) is 5.78 Å². The zero-order chi connectivity index (χ0) is 11.6. The second-order valence-electron chi connectivity index (χ2n) is 2.95. The molecule has 1 aromatic rings. The number of hydrogen-bond donors (Lipinski definition) is 0. The van der Waals surface area contributed by atoms with Gasteiger partial charge in [0, 0.05) is 6.20 Å². The fourth-order valence-corrected chi connectivity index (χ4v) is 1.52. The highest BCUT2D eigenvalue weighted by molar-refractivity contribution is 9.10. The van der Waals surface area contributed by atoms with E-state index >= 15 is 0 Å². The Balaban J connectivity index is 3.29. The molecule has 0 amide bonds. The second kappa shape index (κ2) is 4.35. The smallest absolute Gasteiger partial charge is 0.333 e. The van der Waals surface area contributed by atoms with E-state index in [9.17, 15) is 19.7 Å². The molecule has 0 aliphatic carbocycles. The maximum Gasteiger partial charge on any atom is 0.333 e. The van der Waals surface area contributed by atoms with E-state index in [2.05, 4.69) is 15.9 Å².